The molecule has 2 N–H and O–H groups in total. The Morgan fingerprint density at radius 1 is 0.824 bits per heavy atom. The van der Waals surface area contributed by atoms with Gasteiger partial charge in [0.05, 0.1) is 6.26 Å². The van der Waals surface area contributed by atoms with Crippen LogP contribution in [0.2, 0.25) is 0 Å². The van der Waals surface area contributed by atoms with Gasteiger partial charge in [-0.3, -0.25) is 0 Å². The van der Waals surface area contributed by atoms with Gasteiger partial charge in [0.15, 0.2) is 11.3 Å². The van der Waals surface area contributed by atoms with Gasteiger partial charge >= 0.3 is 0 Å². The second kappa shape index (κ2) is 3.56. The van der Waals surface area contributed by atoms with E-state index in [1.807, 2.05) is 24.3 Å². The molecule has 84 valence electrons. The molecule has 3 aromatic rings. The average molecular weight is 226 g/mol. The van der Waals surface area contributed by atoms with Crippen LogP contribution in [0.1, 0.15) is 0 Å². The van der Waals surface area contributed by atoms with Crippen LogP contribution in [-0.4, -0.2) is 10.2 Å². The quantitative estimate of drug-likeness (QED) is 0.667. The standard InChI is InChI=1S/C14H10O3/c15-10-3-1-9(2-4-10)11-5-6-13(16)14-12(11)7-8-17-14/h1-8,15-16H. The third-order valence-corrected chi connectivity index (χ3v) is 2.77. The molecule has 1 heterocycles. The van der Waals surface area contributed by atoms with Gasteiger partial charge in [0.1, 0.15) is 5.75 Å². The van der Waals surface area contributed by atoms with Gasteiger partial charge in [0.2, 0.25) is 0 Å². The van der Waals surface area contributed by atoms with E-state index in [1.165, 1.54) is 0 Å². The predicted octanol–water partition coefficient (Wildman–Crippen LogP) is 3.51. The first-order valence-corrected chi connectivity index (χ1v) is 5.24. The Morgan fingerprint density at radius 3 is 2.35 bits per heavy atom. The number of rotatable bonds is 1. The molecule has 1 aromatic heterocycles. The fraction of sp³-hybridized carbons (Fsp3) is 0. The van der Waals surface area contributed by atoms with Crippen LogP contribution in [0.25, 0.3) is 22.1 Å². The smallest absolute Gasteiger partial charge is 0.176 e. The number of phenolic OH excluding ortho intramolecular Hbond substituents is 2. The molecule has 0 aliphatic rings. The van der Waals surface area contributed by atoms with Crippen LogP contribution in [-0.2, 0) is 0 Å². The fourth-order valence-corrected chi connectivity index (χ4v) is 1.94. The molecule has 0 saturated heterocycles. The molecule has 0 saturated carbocycles. The van der Waals surface area contributed by atoms with E-state index in [9.17, 15) is 10.2 Å². The van der Waals surface area contributed by atoms with Gasteiger partial charge in [-0.1, -0.05) is 12.1 Å². The summed E-state index contributed by atoms with van der Waals surface area (Å²) in [5.41, 5.74) is 2.41. The van der Waals surface area contributed by atoms with Gasteiger partial charge in [-0.25, -0.2) is 0 Å². The van der Waals surface area contributed by atoms with Crippen molar-refractivity contribution >= 4 is 11.0 Å². The Balaban J connectivity index is 2.27. The average Bonchev–Trinajstić information content (AvgIpc) is 2.81. The SMILES string of the molecule is Oc1ccc(-c2ccc(O)c3occc23)cc1. The number of phenols is 2. The first-order chi connectivity index (χ1) is 8.25. The van der Waals surface area contributed by atoms with Crippen molar-refractivity contribution < 1.29 is 14.6 Å². The first-order valence-electron chi connectivity index (χ1n) is 5.24. The van der Waals surface area contributed by atoms with Gasteiger partial charge in [0.25, 0.3) is 0 Å². The summed E-state index contributed by atoms with van der Waals surface area (Å²) in [7, 11) is 0. The second-order valence-electron chi connectivity index (χ2n) is 3.84. The summed E-state index contributed by atoms with van der Waals surface area (Å²) in [5.74, 6) is 0.364. The van der Waals surface area contributed by atoms with Crippen LogP contribution in [0, 0.1) is 0 Å². The number of hydrogen-bond donors (Lipinski definition) is 2. The topological polar surface area (TPSA) is 53.6 Å². The van der Waals surface area contributed by atoms with Crippen molar-refractivity contribution in [1.82, 2.24) is 0 Å². The molecule has 0 bridgehead atoms. The molecule has 0 aliphatic carbocycles. The van der Waals surface area contributed by atoms with Gasteiger partial charge < -0.3 is 14.6 Å². The zero-order valence-electron chi connectivity index (χ0n) is 8.92. The molecule has 3 rings (SSSR count). The molecule has 0 fully saturated rings. The Labute approximate surface area is 97.6 Å². The second-order valence-corrected chi connectivity index (χ2v) is 3.84. The van der Waals surface area contributed by atoms with Gasteiger partial charge in [-0.05, 0) is 41.5 Å². The number of furan rings is 1. The number of hydrogen-bond acceptors (Lipinski definition) is 3. The zero-order chi connectivity index (χ0) is 11.8. The molecule has 0 amide bonds. The van der Waals surface area contributed by atoms with Crippen molar-refractivity contribution in [2.75, 3.05) is 0 Å². The summed E-state index contributed by atoms with van der Waals surface area (Å²) in [6.07, 6.45) is 1.55. The van der Waals surface area contributed by atoms with Crippen LogP contribution in [0.3, 0.4) is 0 Å². The molecule has 0 radical (unpaired) electrons. The molecule has 3 nitrogen and oxygen atoms in total. The van der Waals surface area contributed by atoms with E-state index in [2.05, 4.69) is 0 Å². The van der Waals surface area contributed by atoms with Crippen LogP contribution in [0.4, 0.5) is 0 Å². The Bertz CT molecular complexity index is 666. The minimum Gasteiger partial charge on any atom is -0.508 e. The van der Waals surface area contributed by atoms with Crippen molar-refractivity contribution in [1.29, 1.82) is 0 Å². The van der Waals surface area contributed by atoms with Crippen molar-refractivity contribution in [3.05, 3.63) is 48.7 Å². The highest BCUT2D eigenvalue weighted by Gasteiger charge is 2.09. The lowest BCUT2D eigenvalue weighted by atomic mass is 10.0. The highest BCUT2D eigenvalue weighted by Crippen LogP contribution is 2.34. The highest BCUT2D eigenvalue weighted by atomic mass is 16.3. The normalized spacial score (nSPS) is 10.8. The molecule has 3 heteroatoms. The lowest BCUT2D eigenvalue weighted by Crippen LogP contribution is -1.78. The lowest BCUT2D eigenvalue weighted by Gasteiger charge is -2.04. The number of fused-ring (bicyclic) bond motifs is 1. The number of aromatic hydroxyl groups is 2. The van der Waals surface area contributed by atoms with Crippen LogP contribution in [0.5, 0.6) is 11.5 Å². The van der Waals surface area contributed by atoms with Crippen LogP contribution < -0.4 is 0 Å². The lowest BCUT2D eigenvalue weighted by molar-refractivity contribution is 0.465. The van der Waals surface area contributed by atoms with Gasteiger partial charge in [-0.2, -0.15) is 0 Å². The largest absolute Gasteiger partial charge is 0.508 e. The van der Waals surface area contributed by atoms with Gasteiger partial charge in [-0.15, -0.1) is 0 Å². The molecule has 0 aliphatic heterocycles. The maximum atomic E-state index is 9.64. The number of benzene rings is 2. The highest BCUT2D eigenvalue weighted by molar-refractivity contribution is 5.96. The summed E-state index contributed by atoms with van der Waals surface area (Å²) in [4.78, 5) is 0. The van der Waals surface area contributed by atoms with E-state index in [4.69, 9.17) is 4.42 Å². The summed E-state index contributed by atoms with van der Waals surface area (Å²) in [6.45, 7) is 0. The molecule has 0 atom stereocenters. The maximum Gasteiger partial charge on any atom is 0.176 e. The third-order valence-electron chi connectivity index (χ3n) is 2.77. The fourth-order valence-electron chi connectivity index (χ4n) is 1.94. The summed E-state index contributed by atoms with van der Waals surface area (Å²) < 4.78 is 5.24. The van der Waals surface area contributed by atoms with E-state index in [-0.39, 0.29) is 11.5 Å². The monoisotopic (exact) mass is 226 g/mol. The van der Waals surface area contributed by atoms with Crippen molar-refractivity contribution in [2.24, 2.45) is 0 Å². The maximum absolute atomic E-state index is 9.64. The molecule has 0 spiro atoms. The molecule has 2 aromatic carbocycles. The van der Waals surface area contributed by atoms with Gasteiger partial charge in [0, 0.05) is 5.39 Å². The van der Waals surface area contributed by atoms with E-state index in [1.54, 1.807) is 24.5 Å². The molecule has 17 heavy (non-hydrogen) atoms. The molecular weight excluding hydrogens is 216 g/mol. The minimum absolute atomic E-state index is 0.132. The van der Waals surface area contributed by atoms with Crippen molar-refractivity contribution in [3.63, 3.8) is 0 Å². The van der Waals surface area contributed by atoms with Crippen LogP contribution in [0.15, 0.2) is 53.1 Å². The van der Waals surface area contributed by atoms with E-state index in [0.29, 0.717) is 5.58 Å². The molecule has 0 unspecified atom stereocenters. The van der Waals surface area contributed by atoms with E-state index in [0.717, 1.165) is 16.5 Å². The van der Waals surface area contributed by atoms with Crippen molar-refractivity contribution in [3.8, 4) is 22.6 Å². The third kappa shape index (κ3) is 1.52. The van der Waals surface area contributed by atoms with Crippen LogP contribution >= 0.6 is 0 Å². The predicted molar refractivity (Wildman–Crippen MR) is 65.0 cm³/mol. The molecular formula is C14H10O3. The summed E-state index contributed by atoms with van der Waals surface area (Å²) in [6, 6.07) is 12.2. The Kier molecular flexibility index (Phi) is 2.05. The summed E-state index contributed by atoms with van der Waals surface area (Å²) in [5, 5.41) is 19.8. The zero-order valence-corrected chi connectivity index (χ0v) is 8.92. The Morgan fingerprint density at radius 2 is 1.59 bits per heavy atom. The van der Waals surface area contributed by atoms with E-state index < -0.39 is 0 Å². The Hall–Kier alpha value is -2.42. The van der Waals surface area contributed by atoms with E-state index >= 15 is 0 Å². The summed E-state index contributed by atoms with van der Waals surface area (Å²) >= 11 is 0. The van der Waals surface area contributed by atoms with Crippen molar-refractivity contribution in [2.45, 2.75) is 0 Å². The first kappa shape index (κ1) is 9.78. The minimum atomic E-state index is 0.132.